The lowest BCUT2D eigenvalue weighted by molar-refractivity contribution is 0.238. The summed E-state index contributed by atoms with van der Waals surface area (Å²) in [5, 5.41) is 3.20. The first kappa shape index (κ1) is 15.2. The molecule has 0 radical (unpaired) electrons. The molecule has 0 amide bonds. The molecule has 1 heterocycles. The minimum Gasteiger partial charge on any atom is -0.316 e. The van der Waals surface area contributed by atoms with Crippen LogP contribution in [0.1, 0.15) is 44.9 Å². The zero-order valence-corrected chi connectivity index (χ0v) is 13.0. The Hall–Kier alpha value is -0.170. The molecule has 2 fully saturated rings. The van der Waals surface area contributed by atoms with Crippen LogP contribution in [0.25, 0.3) is 0 Å². The second-order valence-corrected chi connectivity index (χ2v) is 7.79. The molecular formula is C13H27N3O2S. The fraction of sp³-hybridized carbons (Fsp3) is 1.00. The van der Waals surface area contributed by atoms with Crippen LogP contribution in [0.4, 0.5) is 0 Å². The van der Waals surface area contributed by atoms with Crippen molar-refractivity contribution in [3.05, 3.63) is 0 Å². The molecule has 1 N–H and O–H groups in total. The Kier molecular flexibility index (Phi) is 5.22. The van der Waals surface area contributed by atoms with E-state index >= 15 is 0 Å². The number of nitrogens with zero attached hydrogens (tertiary/aromatic N) is 2. The molecule has 5 nitrogen and oxygen atoms in total. The molecule has 1 saturated heterocycles. The number of likely N-dealkylation sites (N-methyl/N-ethyl adjacent to an activating group) is 1. The SMILES string of the molecule is CNC1CCCN(S(=O)(=O)N(C)C2CCCCC2)C1. The number of hydrogen-bond donors (Lipinski definition) is 1. The molecule has 6 heteroatoms. The smallest absolute Gasteiger partial charge is 0.282 e. The Morgan fingerprint density at radius 2 is 1.79 bits per heavy atom. The maximum absolute atomic E-state index is 12.7. The first-order valence-electron chi connectivity index (χ1n) is 7.46. The number of piperidine rings is 1. The quantitative estimate of drug-likeness (QED) is 0.845. The van der Waals surface area contributed by atoms with Crippen LogP contribution >= 0.6 is 0 Å². The summed E-state index contributed by atoms with van der Waals surface area (Å²) in [4.78, 5) is 0. The van der Waals surface area contributed by atoms with E-state index in [9.17, 15) is 8.42 Å². The van der Waals surface area contributed by atoms with Gasteiger partial charge in [0, 0.05) is 32.2 Å². The summed E-state index contributed by atoms with van der Waals surface area (Å²) in [7, 11) is 0.389. The molecule has 1 aliphatic heterocycles. The molecule has 1 atom stereocenters. The average molecular weight is 289 g/mol. The van der Waals surface area contributed by atoms with Gasteiger partial charge in [0.25, 0.3) is 10.2 Å². The highest BCUT2D eigenvalue weighted by molar-refractivity contribution is 7.86. The minimum absolute atomic E-state index is 0.203. The molecule has 1 saturated carbocycles. The van der Waals surface area contributed by atoms with Gasteiger partial charge in [0.15, 0.2) is 0 Å². The molecule has 112 valence electrons. The van der Waals surface area contributed by atoms with E-state index in [1.807, 2.05) is 7.05 Å². The Bertz CT molecular complexity index is 371. The highest BCUT2D eigenvalue weighted by Gasteiger charge is 2.35. The van der Waals surface area contributed by atoms with Crippen molar-refractivity contribution in [3.63, 3.8) is 0 Å². The van der Waals surface area contributed by atoms with Crippen molar-refractivity contribution in [2.24, 2.45) is 0 Å². The summed E-state index contributed by atoms with van der Waals surface area (Å²) in [6.07, 6.45) is 7.60. The summed E-state index contributed by atoms with van der Waals surface area (Å²) in [6.45, 7) is 1.27. The van der Waals surface area contributed by atoms with Crippen LogP contribution in [0.2, 0.25) is 0 Å². The van der Waals surface area contributed by atoms with Crippen molar-refractivity contribution in [1.29, 1.82) is 0 Å². The third kappa shape index (κ3) is 3.48. The van der Waals surface area contributed by atoms with Crippen molar-refractivity contribution < 1.29 is 8.42 Å². The van der Waals surface area contributed by atoms with Crippen molar-refractivity contribution in [2.75, 3.05) is 27.2 Å². The van der Waals surface area contributed by atoms with Gasteiger partial charge in [0.1, 0.15) is 0 Å². The lowest BCUT2D eigenvalue weighted by Crippen LogP contribution is -2.53. The highest BCUT2D eigenvalue weighted by atomic mass is 32.2. The topological polar surface area (TPSA) is 52.7 Å². The van der Waals surface area contributed by atoms with Crippen LogP contribution in [0.15, 0.2) is 0 Å². The van der Waals surface area contributed by atoms with Gasteiger partial charge < -0.3 is 5.32 Å². The van der Waals surface area contributed by atoms with Crippen molar-refractivity contribution in [2.45, 2.75) is 57.0 Å². The van der Waals surface area contributed by atoms with Crippen molar-refractivity contribution in [3.8, 4) is 0 Å². The zero-order chi connectivity index (χ0) is 13.9. The van der Waals surface area contributed by atoms with Gasteiger partial charge in [-0.25, -0.2) is 0 Å². The van der Waals surface area contributed by atoms with E-state index in [-0.39, 0.29) is 6.04 Å². The largest absolute Gasteiger partial charge is 0.316 e. The summed E-state index contributed by atoms with van der Waals surface area (Å²) >= 11 is 0. The van der Waals surface area contributed by atoms with Crippen LogP contribution in [0, 0.1) is 0 Å². The van der Waals surface area contributed by atoms with Crippen molar-refractivity contribution in [1.82, 2.24) is 13.9 Å². The third-order valence-corrected chi connectivity index (χ3v) is 6.58. The number of nitrogens with one attached hydrogen (secondary N) is 1. The van der Waals surface area contributed by atoms with Crippen LogP contribution < -0.4 is 5.32 Å². The molecule has 0 aromatic heterocycles. The summed E-state index contributed by atoms with van der Waals surface area (Å²) in [5.74, 6) is 0. The minimum atomic E-state index is -3.28. The second-order valence-electron chi connectivity index (χ2n) is 5.80. The summed E-state index contributed by atoms with van der Waals surface area (Å²) in [5.41, 5.74) is 0. The van der Waals surface area contributed by atoms with Crippen LogP contribution in [-0.2, 0) is 10.2 Å². The van der Waals surface area contributed by atoms with E-state index < -0.39 is 10.2 Å². The van der Waals surface area contributed by atoms with E-state index in [1.54, 1.807) is 15.7 Å². The van der Waals surface area contributed by atoms with Gasteiger partial charge in [0.2, 0.25) is 0 Å². The Balaban J connectivity index is 2.03. The molecule has 0 spiro atoms. The van der Waals surface area contributed by atoms with E-state index in [4.69, 9.17) is 0 Å². The van der Waals surface area contributed by atoms with E-state index in [2.05, 4.69) is 5.32 Å². The average Bonchev–Trinajstić information content (AvgIpc) is 2.47. The third-order valence-electron chi connectivity index (χ3n) is 4.57. The van der Waals surface area contributed by atoms with Gasteiger partial charge in [-0.3, -0.25) is 0 Å². The van der Waals surface area contributed by atoms with Gasteiger partial charge in [0.05, 0.1) is 0 Å². The van der Waals surface area contributed by atoms with E-state index in [0.717, 1.165) is 38.5 Å². The van der Waals surface area contributed by atoms with Crippen LogP contribution in [0.3, 0.4) is 0 Å². The van der Waals surface area contributed by atoms with Gasteiger partial charge >= 0.3 is 0 Å². The first-order valence-corrected chi connectivity index (χ1v) is 8.85. The number of rotatable bonds is 4. The Labute approximate surface area is 117 Å². The molecule has 2 aliphatic rings. The van der Waals surface area contributed by atoms with Gasteiger partial charge in [-0.2, -0.15) is 17.0 Å². The lowest BCUT2D eigenvalue weighted by Gasteiger charge is -2.37. The second kappa shape index (κ2) is 6.52. The molecule has 2 rings (SSSR count). The molecule has 19 heavy (non-hydrogen) atoms. The number of hydrogen-bond acceptors (Lipinski definition) is 3. The van der Waals surface area contributed by atoms with Crippen LogP contribution in [0.5, 0.6) is 0 Å². The normalized spacial score (nSPS) is 27.8. The van der Waals surface area contributed by atoms with Crippen LogP contribution in [-0.4, -0.2) is 56.3 Å². The molecule has 1 unspecified atom stereocenters. The summed E-state index contributed by atoms with van der Waals surface area (Å²) < 4.78 is 28.6. The molecule has 0 bridgehead atoms. The molecule has 0 aromatic carbocycles. The van der Waals surface area contributed by atoms with Gasteiger partial charge in [-0.05, 0) is 32.7 Å². The molecular weight excluding hydrogens is 262 g/mol. The predicted octanol–water partition coefficient (Wildman–Crippen LogP) is 1.18. The van der Waals surface area contributed by atoms with E-state index in [1.165, 1.54) is 6.42 Å². The lowest BCUT2D eigenvalue weighted by atomic mass is 9.96. The van der Waals surface area contributed by atoms with Crippen molar-refractivity contribution >= 4 is 10.2 Å². The Morgan fingerprint density at radius 3 is 2.42 bits per heavy atom. The van der Waals surface area contributed by atoms with Gasteiger partial charge in [-0.1, -0.05) is 19.3 Å². The fourth-order valence-corrected chi connectivity index (χ4v) is 4.88. The van der Waals surface area contributed by atoms with E-state index in [0.29, 0.717) is 19.1 Å². The maximum atomic E-state index is 12.7. The monoisotopic (exact) mass is 289 g/mol. The molecule has 0 aromatic rings. The fourth-order valence-electron chi connectivity index (χ4n) is 3.20. The van der Waals surface area contributed by atoms with Gasteiger partial charge in [-0.15, -0.1) is 0 Å². The predicted molar refractivity (Wildman–Crippen MR) is 77.2 cm³/mol. The molecule has 1 aliphatic carbocycles. The Morgan fingerprint density at radius 1 is 1.11 bits per heavy atom. The highest BCUT2D eigenvalue weighted by Crippen LogP contribution is 2.25. The maximum Gasteiger partial charge on any atom is 0.282 e. The summed E-state index contributed by atoms with van der Waals surface area (Å²) in [6, 6.07) is 0.497. The standard InChI is InChI=1S/C13H27N3O2S/c1-14-12-7-6-10-16(11-12)19(17,18)15(2)13-8-4-3-5-9-13/h12-14H,3-11H2,1-2H3. The first-order chi connectivity index (χ1) is 9.05. The zero-order valence-electron chi connectivity index (χ0n) is 12.1.